The Bertz CT molecular complexity index is 730. The third-order valence-corrected chi connectivity index (χ3v) is 4.90. The molecule has 6 nitrogen and oxygen atoms in total. The normalized spacial score (nSPS) is 11.1. The molecule has 27 heavy (non-hydrogen) atoms. The van der Waals surface area contributed by atoms with Crippen molar-refractivity contribution in [3.63, 3.8) is 0 Å². The van der Waals surface area contributed by atoms with Gasteiger partial charge in [-0.1, -0.05) is 26.0 Å². The Morgan fingerprint density at radius 3 is 2.74 bits per heavy atom. The van der Waals surface area contributed by atoms with Crippen LogP contribution in [0.5, 0.6) is 5.75 Å². The summed E-state index contributed by atoms with van der Waals surface area (Å²) >= 11 is 1.39. The van der Waals surface area contributed by atoms with Crippen molar-refractivity contribution in [2.24, 2.45) is 5.92 Å². The van der Waals surface area contributed by atoms with Crippen LogP contribution in [-0.4, -0.2) is 41.5 Å². The van der Waals surface area contributed by atoms with Crippen molar-refractivity contribution in [2.75, 3.05) is 25.1 Å². The van der Waals surface area contributed by atoms with Crippen LogP contribution in [0.1, 0.15) is 45.5 Å². The largest absolute Gasteiger partial charge is 0.497 e. The zero-order chi connectivity index (χ0) is 19.8. The van der Waals surface area contributed by atoms with Gasteiger partial charge in [-0.25, -0.2) is 4.98 Å². The minimum atomic E-state index is 0.0791. The van der Waals surface area contributed by atoms with Crippen molar-refractivity contribution in [3.8, 4) is 5.75 Å². The van der Waals surface area contributed by atoms with E-state index in [2.05, 4.69) is 42.3 Å². The molecule has 1 aromatic heterocycles. The molecule has 0 saturated carbocycles. The first-order valence-corrected chi connectivity index (χ1v) is 10.1. The van der Waals surface area contributed by atoms with Crippen LogP contribution < -0.4 is 15.0 Å². The predicted molar refractivity (Wildman–Crippen MR) is 111 cm³/mol. The first-order chi connectivity index (χ1) is 12.9. The molecule has 0 atom stereocenters. The lowest BCUT2D eigenvalue weighted by atomic mass is 10.1. The van der Waals surface area contributed by atoms with E-state index in [1.807, 2.05) is 24.3 Å². The summed E-state index contributed by atoms with van der Waals surface area (Å²) in [5, 5.41) is 3.83. The minimum Gasteiger partial charge on any atom is -0.497 e. The Balaban J connectivity index is 1.98. The maximum Gasteiger partial charge on any atom is 0.221 e. The second-order valence-electron chi connectivity index (χ2n) is 7.26. The molecule has 2 rings (SSSR count). The molecule has 1 amide bonds. The van der Waals surface area contributed by atoms with Crippen molar-refractivity contribution >= 4 is 22.6 Å². The van der Waals surface area contributed by atoms with E-state index < -0.39 is 0 Å². The predicted octanol–water partition coefficient (Wildman–Crippen LogP) is 3.51. The molecular weight excluding hydrogens is 360 g/mol. The van der Waals surface area contributed by atoms with Gasteiger partial charge in [0.05, 0.1) is 7.11 Å². The number of nitrogens with zero attached hydrogens (tertiary/aromatic N) is 3. The zero-order valence-electron chi connectivity index (χ0n) is 16.9. The molecule has 1 aromatic carbocycles. The number of anilines is 1. The monoisotopic (exact) mass is 390 g/mol. The van der Waals surface area contributed by atoms with Crippen molar-refractivity contribution in [3.05, 3.63) is 35.7 Å². The molecule has 1 heterocycles. The Hall–Kier alpha value is -2.15. The minimum absolute atomic E-state index is 0.0791. The molecule has 0 spiro atoms. The van der Waals surface area contributed by atoms with Gasteiger partial charge in [0.2, 0.25) is 11.0 Å². The number of benzene rings is 1. The summed E-state index contributed by atoms with van der Waals surface area (Å²) < 4.78 is 9.78. The molecule has 0 bridgehead atoms. The maximum atomic E-state index is 12.0. The Labute approximate surface area is 166 Å². The SMILES string of the molecule is COc1cccc(Cc2nsc(N(CCC(=O)NCC(C)C)C(C)C)n2)c1. The molecule has 0 aliphatic rings. The van der Waals surface area contributed by atoms with Gasteiger partial charge in [0.1, 0.15) is 11.6 Å². The average Bonchev–Trinajstić information content (AvgIpc) is 3.08. The van der Waals surface area contributed by atoms with E-state index in [1.165, 1.54) is 11.5 Å². The van der Waals surface area contributed by atoms with Crippen LogP contribution in [0.2, 0.25) is 0 Å². The van der Waals surface area contributed by atoms with Crippen LogP contribution in [0.25, 0.3) is 0 Å². The Kier molecular flexibility index (Phi) is 8.03. The Morgan fingerprint density at radius 1 is 1.30 bits per heavy atom. The molecule has 1 N–H and O–H groups in total. The number of methoxy groups -OCH3 is 1. The van der Waals surface area contributed by atoms with Crippen LogP contribution >= 0.6 is 11.5 Å². The quantitative estimate of drug-likeness (QED) is 0.672. The molecule has 148 valence electrons. The van der Waals surface area contributed by atoms with Crippen LogP contribution in [-0.2, 0) is 11.2 Å². The highest BCUT2D eigenvalue weighted by Gasteiger charge is 2.17. The standard InChI is InChI=1S/C20H30N4O2S/c1-14(2)13-21-19(25)9-10-24(15(3)4)20-22-18(23-27-20)12-16-7-6-8-17(11-16)26-5/h6-8,11,14-15H,9-10,12-13H2,1-5H3,(H,21,25). The smallest absolute Gasteiger partial charge is 0.221 e. The van der Waals surface area contributed by atoms with Gasteiger partial charge in [-0.3, -0.25) is 4.79 Å². The molecule has 0 unspecified atom stereocenters. The van der Waals surface area contributed by atoms with E-state index in [4.69, 9.17) is 9.72 Å². The van der Waals surface area contributed by atoms with Crippen LogP contribution in [0, 0.1) is 5.92 Å². The van der Waals surface area contributed by atoms with E-state index in [-0.39, 0.29) is 11.9 Å². The van der Waals surface area contributed by atoms with Crippen molar-refractivity contribution in [2.45, 2.75) is 46.6 Å². The molecule has 7 heteroatoms. The van der Waals surface area contributed by atoms with Crippen LogP contribution in [0.4, 0.5) is 5.13 Å². The molecule has 0 aliphatic carbocycles. The lowest BCUT2D eigenvalue weighted by molar-refractivity contribution is -0.121. The first kappa shape index (κ1) is 21.2. The van der Waals surface area contributed by atoms with E-state index >= 15 is 0 Å². The van der Waals surface area contributed by atoms with Crippen molar-refractivity contribution in [1.82, 2.24) is 14.7 Å². The average molecular weight is 391 g/mol. The second kappa shape index (κ2) is 10.3. The van der Waals surface area contributed by atoms with Gasteiger partial charge in [-0.05, 0) is 37.5 Å². The van der Waals surface area contributed by atoms with E-state index in [9.17, 15) is 4.79 Å². The number of aromatic nitrogens is 2. The lowest BCUT2D eigenvalue weighted by Crippen LogP contribution is -2.36. The van der Waals surface area contributed by atoms with Gasteiger partial charge in [0.25, 0.3) is 0 Å². The molecule has 0 fully saturated rings. The summed E-state index contributed by atoms with van der Waals surface area (Å²) in [6, 6.07) is 8.19. The fraction of sp³-hybridized carbons (Fsp3) is 0.550. The summed E-state index contributed by atoms with van der Waals surface area (Å²) in [6.45, 7) is 9.74. The van der Waals surface area contributed by atoms with Gasteiger partial charge in [0, 0.05) is 43.5 Å². The van der Waals surface area contributed by atoms with E-state index in [0.717, 1.165) is 22.3 Å². The maximum absolute atomic E-state index is 12.0. The van der Waals surface area contributed by atoms with E-state index in [1.54, 1.807) is 7.11 Å². The van der Waals surface area contributed by atoms with Gasteiger partial charge in [-0.2, -0.15) is 4.37 Å². The van der Waals surface area contributed by atoms with Crippen molar-refractivity contribution in [1.29, 1.82) is 0 Å². The topological polar surface area (TPSA) is 67.3 Å². The summed E-state index contributed by atoms with van der Waals surface area (Å²) in [7, 11) is 1.66. The number of hydrogen-bond acceptors (Lipinski definition) is 6. The number of nitrogens with one attached hydrogen (secondary N) is 1. The summed E-state index contributed by atoms with van der Waals surface area (Å²) in [5.74, 6) is 2.16. The molecule has 0 aliphatic heterocycles. The van der Waals surface area contributed by atoms with Gasteiger partial charge in [-0.15, -0.1) is 0 Å². The van der Waals surface area contributed by atoms with E-state index in [0.29, 0.717) is 31.8 Å². The van der Waals surface area contributed by atoms with Crippen LogP contribution in [0.15, 0.2) is 24.3 Å². The molecular formula is C20H30N4O2S. The fourth-order valence-corrected chi connectivity index (χ4v) is 3.45. The fourth-order valence-electron chi connectivity index (χ4n) is 2.60. The highest BCUT2D eigenvalue weighted by Crippen LogP contribution is 2.22. The Morgan fingerprint density at radius 2 is 2.07 bits per heavy atom. The first-order valence-electron chi connectivity index (χ1n) is 9.38. The number of carbonyl (C=O) groups excluding carboxylic acids is 1. The third kappa shape index (κ3) is 6.82. The van der Waals surface area contributed by atoms with Gasteiger partial charge < -0.3 is 15.0 Å². The number of carbonyl (C=O) groups is 1. The van der Waals surface area contributed by atoms with Crippen molar-refractivity contribution < 1.29 is 9.53 Å². The third-order valence-electron chi connectivity index (χ3n) is 4.11. The number of ether oxygens (including phenoxy) is 1. The highest BCUT2D eigenvalue weighted by atomic mass is 32.1. The van der Waals surface area contributed by atoms with Crippen LogP contribution in [0.3, 0.4) is 0 Å². The van der Waals surface area contributed by atoms with Gasteiger partial charge >= 0.3 is 0 Å². The number of rotatable bonds is 10. The molecule has 0 saturated heterocycles. The summed E-state index contributed by atoms with van der Waals surface area (Å²) in [4.78, 5) is 18.9. The molecule has 2 aromatic rings. The summed E-state index contributed by atoms with van der Waals surface area (Å²) in [6.07, 6.45) is 1.12. The number of hydrogen-bond donors (Lipinski definition) is 1. The van der Waals surface area contributed by atoms with Gasteiger partial charge in [0.15, 0.2) is 0 Å². The zero-order valence-corrected chi connectivity index (χ0v) is 17.7. The molecule has 0 radical (unpaired) electrons. The second-order valence-corrected chi connectivity index (χ2v) is 7.99. The summed E-state index contributed by atoms with van der Waals surface area (Å²) in [5.41, 5.74) is 1.11. The number of amides is 1. The lowest BCUT2D eigenvalue weighted by Gasteiger charge is -2.25. The highest BCUT2D eigenvalue weighted by molar-refractivity contribution is 7.09.